The Balaban J connectivity index is 2.43. The van der Waals surface area contributed by atoms with Crippen molar-refractivity contribution in [3.05, 3.63) is 30.3 Å². The van der Waals surface area contributed by atoms with Gasteiger partial charge in [-0.25, -0.2) is 0 Å². The van der Waals surface area contributed by atoms with Crippen molar-refractivity contribution < 1.29 is 9.47 Å². The van der Waals surface area contributed by atoms with Gasteiger partial charge < -0.3 is 9.47 Å². The average Bonchev–Trinajstić information content (AvgIpc) is 2.24. The summed E-state index contributed by atoms with van der Waals surface area (Å²) in [6.45, 7) is 9.82. The molecule has 1 atom stereocenters. The van der Waals surface area contributed by atoms with Gasteiger partial charge in [0.1, 0.15) is 12.4 Å². The summed E-state index contributed by atoms with van der Waals surface area (Å²) in [5.41, 5.74) is -0.244. The van der Waals surface area contributed by atoms with Gasteiger partial charge in [-0.2, -0.15) is 0 Å². The summed E-state index contributed by atoms with van der Waals surface area (Å²) >= 11 is 0. The van der Waals surface area contributed by atoms with Crippen molar-refractivity contribution in [1.82, 2.24) is 0 Å². The highest BCUT2D eigenvalue weighted by Gasteiger charge is 2.17. The van der Waals surface area contributed by atoms with E-state index in [1.807, 2.05) is 51.1 Å². The van der Waals surface area contributed by atoms with Crippen LogP contribution in [-0.4, -0.2) is 25.2 Å². The number of aliphatic imine (C=N–C) groups is 1. The fourth-order valence-electron chi connectivity index (χ4n) is 1.22. The van der Waals surface area contributed by atoms with E-state index in [-0.39, 0.29) is 11.8 Å². The molecule has 0 amide bonds. The minimum Gasteiger partial charge on any atom is -0.489 e. The Labute approximate surface area is 97.1 Å². The van der Waals surface area contributed by atoms with Gasteiger partial charge in [0.2, 0.25) is 0 Å². The van der Waals surface area contributed by atoms with Gasteiger partial charge in [-0.3, -0.25) is 4.99 Å². The molecule has 0 aliphatic rings. The Morgan fingerprint density at radius 1 is 1.25 bits per heavy atom. The zero-order valence-corrected chi connectivity index (χ0v) is 10.1. The minimum absolute atomic E-state index is 0.244. The third-order valence-electron chi connectivity index (χ3n) is 1.83. The molecule has 0 aromatic heterocycles. The largest absolute Gasteiger partial charge is 0.489 e. The summed E-state index contributed by atoms with van der Waals surface area (Å²) in [4.78, 5) is 3.89. The Hall–Kier alpha value is -1.35. The maximum absolute atomic E-state index is 5.65. The quantitative estimate of drug-likeness (QED) is 0.716. The van der Waals surface area contributed by atoms with Crippen LogP contribution in [0.25, 0.3) is 0 Å². The van der Waals surface area contributed by atoms with E-state index in [0.717, 1.165) is 5.75 Å². The molecule has 1 unspecified atom stereocenters. The minimum atomic E-state index is -0.333. The van der Waals surface area contributed by atoms with E-state index in [0.29, 0.717) is 6.61 Å². The van der Waals surface area contributed by atoms with E-state index < -0.39 is 0 Å². The summed E-state index contributed by atoms with van der Waals surface area (Å²) in [5.74, 6) is 0.814. The summed E-state index contributed by atoms with van der Waals surface area (Å²) < 4.78 is 11.2. The number of rotatable bonds is 5. The van der Waals surface area contributed by atoms with E-state index in [1.54, 1.807) is 0 Å². The van der Waals surface area contributed by atoms with Gasteiger partial charge in [-0.1, -0.05) is 18.2 Å². The predicted octanol–water partition coefficient (Wildman–Crippen LogP) is 2.91. The predicted molar refractivity (Wildman–Crippen MR) is 66.1 cm³/mol. The first-order chi connectivity index (χ1) is 7.51. The molecule has 88 valence electrons. The summed E-state index contributed by atoms with van der Waals surface area (Å²) in [5, 5.41) is 0. The van der Waals surface area contributed by atoms with E-state index in [1.165, 1.54) is 0 Å². The fourth-order valence-corrected chi connectivity index (χ4v) is 1.22. The van der Waals surface area contributed by atoms with Crippen LogP contribution in [0.5, 0.6) is 5.75 Å². The lowest BCUT2D eigenvalue weighted by molar-refractivity contribution is -0.0709. The lowest BCUT2D eigenvalue weighted by Crippen LogP contribution is -2.30. The van der Waals surface area contributed by atoms with Crippen LogP contribution in [-0.2, 0) is 4.74 Å². The van der Waals surface area contributed by atoms with Crippen LogP contribution in [0.2, 0.25) is 0 Å². The molecule has 1 aromatic rings. The number of hydrogen-bond acceptors (Lipinski definition) is 3. The molecule has 16 heavy (non-hydrogen) atoms. The molecular formula is C13H19NO2. The maximum Gasteiger partial charge on any atom is 0.181 e. The Kier molecular flexibility index (Phi) is 4.50. The van der Waals surface area contributed by atoms with Crippen LogP contribution >= 0.6 is 0 Å². The van der Waals surface area contributed by atoms with Gasteiger partial charge in [0.15, 0.2) is 6.23 Å². The van der Waals surface area contributed by atoms with Gasteiger partial charge in [0.25, 0.3) is 0 Å². The second-order valence-corrected chi connectivity index (χ2v) is 4.49. The topological polar surface area (TPSA) is 30.8 Å². The van der Waals surface area contributed by atoms with Gasteiger partial charge in [0.05, 0.1) is 5.60 Å². The third-order valence-corrected chi connectivity index (χ3v) is 1.83. The number of hydrogen-bond donors (Lipinski definition) is 0. The van der Waals surface area contributed by atoms with Gasteiger partial charge >= 0.3 is 0 Å². The van der Waals surface area contributed by atoms with Crippen molar-refractivity contribution in [1.29, 1.82) is 0 Å². The van der Waals surface area contributed by atoms with E-state index >= 15 is 0 Å². The molecule has 1 aromatic carbocycles. The molecule has 0 spiro atoms. The van der Waals surface area contributed by atoms with Crippen LogP contribution in [0.15, 0.2) is 35.3 Å². The number of ether oxygens (including phenoxy) is 2. The molecule has 3 heteroatoms. The average molecular weight is 221 g/mol. The lowest BCUT2D eigenvalue weighted by Gasteiger charge is -2.24. The van der Waals surface area contributed by atoms with E-state index in [2.05, 4.69) is 11.7 Å². The second kappa shape index (κ2) is 5.66. The highest BCUT2D eigenvalue weighted by Crippen LogP contribution is 2.14. The number of nitrogens with zero attached hydrogens (tertiary/aromatic N) is 1. The molecule has 0 heterocycles. The first kappa shape index (κ1) is 12.7. The van der Waals surface area contributed by atoms with Crippen LogP contribution in [0.4, 0.5) is 0 Å². The summed E-state index contributed by atoms with van der Waals surface area (Å²) in [6, 6.07) is 9.60. The van der Waals surface area contributed by atoms with Crippen molar-refractivity contribution in [2.45, 2.75) is 32.6 Å². The molecule has 1 rings (SSSR count). The van der Waals surface area contributed by atoms with Crippen LogP contribution in [0.3, 0.4) is 0 Å². The zero-order chi connectivity index (χ0) is 12.0. The van der Waals surface area contributed by atoms with Gasteiger partial charge in [-0.05, 0) is 39.6 Å². The highest BCUT2D eigenvalue weighted by atomic mass is 16.6. The Bertz CT molecular complexity index is 316. The molecule has 0 aliphatic carbocycles. The molecule has 0 N–H and O–H groups in total. The molecule has 0 fully saturated rings. The van der Waals surface area contributed by atoms with Crippen molar-refractivity contribution >= 4 is 6.72 Å². The van der Waals surface area contributed by atoms with Crippen molar-refractivity contribution in [2.75, 3.05) is 6.61 Å². The molecule has 0 aliphatic heterocycles. The maximum atomic E-state index is 5.65. The highest BCUT2D eigenvalue weighted by molar-refractivity contribution is 5.24. The molecule has 0 bridgehead atoms. The first-order valence-corrected chi connectivity index (χ1v) is 5.33. The third kappa shape index (κ3) is 4.94. The number of benzene rings is 1. The van der Waals surface area contributed by atoms with Crippen molar-refractivity contribution in [3.63, 3.8) is 0 Å². The normalized spacial score (nSPS) is 13.2. The van der Waals surface area contributed by atoms with Crippen LogP contribution in [0.1, 0.15) is 20.8 Å². The van der Waals surface area contributed by atoms with Crippen LogP contribution in [0, 0.1) is 0 Å². The number of para-hydroxylation sites is 1. The zero-order valence-electron chi connectivity index (χ0n) is 10.1. The monoisotopic (exact) mass is 221 g/mol. The molecule has 0 saturated heterocycles. The van der Waals surface area contributed by atoms with E-state index in [9.17, 15) is 0 Å². The Morgan fingerprint density at radius 2 is 1.88 bits per heavy atom. The lowest BCUT2D eigenvalue weighted by atomic mass is 10.2. The Morgan fingerprint density at radius 3 is 2.38 bits per heavy atom. The molecule has 0 saturated carbocycles. The SMILES string of the molecule is C=NC(COc1ccccc1)OC(C)(C)C. The molecular weight excluding hydrogens is 202 g/mol. The van der Waals surface area contributed by atoms with Crippen molar-refractivity contribution in [2.24, 2.45) is 4.99 Å². The summed E-state index contributed by atoms with van der Waals surface area (Å²) in [6.07, 6.45) is -0.333. The molecule has 3 nitrogen and oxygen atoms in total. The smallest absolute Gasteiger partial charge is 0.181 e. The van der Waals surface area contributed by atoms with Crippen LogP contribution < -0.4 is 4.74 Å². The standard InChI is InChI=1S/C13H19NO2/c1-13(2,3)16-12(14-4)10-15-11-8-6-5-7-9-11/h5-9,12H,4,10H2,1-3H3. The van der Waals surface area contributed by atoms with Gasteiger partial charge in [-0.15, -0.1) is 0 Å². The summed E-state index contributed by atoms with van der Waals surface area (Å²) in [7, 11) is 0. The van der Waals surface area contributed by atoms with E-state index in [4.69, 9.17) is 9.47 Å². The fraction of sp³-hybridized carbons (Fsp3) is 0.462. The second-order valence-electron chi connectivity index (χ2n) is 4.49. The van der Waals surface area contributed by atoms with Crippen molar-refractivity contribution in [3.8, 4) is 5.75 Å². The first-order valence-electron chi connectivity index (χ1n) is 5.33. The molecule has 0 radical (unpaired) electrons. The van der Waals surface area contributed by atoms with Gasteiger partial charge in [0, 0.05) is 0 Å².